The lowest BCUT2D eigenvalue weighted by Crippen LogP contribution is -2.36. The smallest absolute Gasteiger partial charge is 0.315 e. The number of nitrogens with zero attached hydrogens (tertiary/aromatic N) is 2. The number of benzene rings is 1. The quantitative estimate of drug-likeness (QED) is 0.806. The van der Waals surface area contributed by atoms with Crippen molar-refractivity contribution >= 4 is 6.03 Å². The van der Waals surface area contributed by atoms with Crippen molar-refractivity contribution in [3.63, 3.8) is 0 Å². The molecule has 25 heavy (non-hydrogen) atoms. The number of amides is 2. The molecule has 1 atom stereocenters. The van der Waals surface area contributed by atoms with Crippen LogP contribution in [0.5, 0.6) is 11.5 Å². The van der Waals surface area contributed by atoms with Crippen LogP contribution in [0.3, 0.4) is 0 Å². The first-order valence-electron chi connectivity index (χ1n) is 8.58. The van der Waals surface area contributed by atoms with Crippen molar-refractivity contribution in [2.24, 2.45) is 0 Å². The molecule has 0 bridgehead atoms. The summed E-state index contributed by atoms with van der Waals surface area (Å²) in [5.41, 5.74) is 2.07. The molecular weight excluding hydrogens is 320 g/mol. The molecule has 2 heterocycles. The van der Waals surface area contributed by atoms with Gasteiger partial charge in [-0.1, -0.05) is 0 Å². The SMILES string of the molecule is CCOc1cc2c(cc1CNC(=O)NCCn1ccnc1)O[C@H](C)C2. The Morgan fingerprint density at radius 3 is 3.08 bits per heavy atom. The molecule has 1 aliphatic rings. The number of imidazole rings is 1. The van der Waals surface area contributed by atoms with Gasteiger partial charge in [-0.2, -0.15) is 0 Å². The molecule has 7 nitrogen and oxygen atoms in total. The largest absolute Gasteiger partial charge is 0.494 e. The van der Waals surface area contributed by atoms with Crippen LogP contribution in [0.1, 0.15) is 25.0 Å². The monoisotopic (exact) mass is 344 g/mol. The van der Waals surface area contributed by atoms with Crippen LogP contribution in [0, 0.1) is 0 Å². The van der Waals surface area contributed by atoms with Crippen LogP contribution >= 0.6 is 0 Å². The lowest BCUT2D eigenvalue weighted by atomic mass is 10.1. The van der Waals surface area contributed by atoms with Crippen LogP contribution in [0.15, 0.2) is 30.9 Å². The van der Waals surface area contributed by atoms with E-state index in [4.69, 9.17) is 9.47 Å². The van der Waals surface area contributed by atoms with E-state index in [0.717, 1.165) is 29.0 Å². The van der Waals surface area contributed by atoms with Crippen molar-refractivity contribution in [1.82, 2.24) is 20.2 Å². The van der Waals surface area contributed by atoms with Gasteiger partial charge >= 0.3 is 6.03 Å². The van der Waals surface area contributed by atoms with Crippen LogP contribution in [0.25, 0.3) is 0 Å². The molecule has 0 fully saturated rings. The van der Waals surface area contributed by atoms with E-state index in [1.165, 1.54) is 0 Å². The van der Waals surface area contributed by atoms with Crippen molar-refractivity contribution in [1.29, 1.82) is 0 Å². The standard InChI is InChI=1S/C18H24N4O3/c1-3-24-16-9-14-8-13(2)25-17(14)10-15(16)11-21-18(23)20-5-7-22-6-4-19-12-22/h4,6,9-10,12-13H,3,5,7-8,11H2,1-2H3,(H2,20,21,23)/t13-/m1/s1. The van der Waals surface area contributed by atoms with E-state index in [9.17, 15) is 4.79 Å². The third kappa shape index (κ3) is 4.43. The number of hydrogen-bond donors (Lipinski definition) is 2. The van der Waals surface area contributed by atoms with Gasteiger partial charge in [-0.15, -0.1) is 0 Å². The number of ether oxygens (including phenoxy) is 2. The van der Waals surface area contributed by atoms with Gasteiger partial charge in [-0.3, -0.25) is 0 Å². The molecule has 0 spiro atoms. The van der Waals surface area contributed by atoms with Gasteiger partial charge < -0.3 is 24.7 Å². The molecule has 2 aromatic rings. The molecule has 0 saturated heterocycles. The van der Waals surface area contributed by atoms with Crippen LogP contribution in [0.2, 0.25) is 0 Å². The molecule has 134 valence electrons. The Labute approximate surface area is 147 Å². The molecule has 0 aliphatic carbocycles. The Bertz CT molecular complexity index is 715. The first-order chi connectivity index (χ1) is 12.2. The number of nitrogens with one attached hydrogen (secondary N) is 2. The first-order valence-corrected chi connectivity index (χ1v) is 8.58. The van der Waals surface area contributed by atoms with Gasteiger partial charge in [0, 0.05) is 49.6 Å². The van der Waals surface area contributed by atoms with Crippen LogP contribution in [-0.2, 0) is 19.5 Å². The molecule has 0 saturated carbocycles. The Hall–Kier alpha value is -2.70. The lowest BCUT2D eigenvalue weighted by molar-refractivity contribution is 0.239. The van der Waals surface area contributed by atoms with Crippen LogP contribution in [-0.4, -0.2) is 34.8 Å². The predicted octanol–water partition coefficient (Wildman–Crippen LogP) is 2.10. The summed E-state index contributed by atoms with van der Waals surface area (Å²) < 4.78 is 13.4. The minimum atomic E-state index is -0.211. The van der Waals surface area contributed by atoms with Gasteiger partial charge in [0.15, 0.2) is 0 Å². The summed E-state index contributed by atoms with van der Waals surface area (Å²) in [6.07, 6.45) is 6.36. The highest BCUT2D eigenvalue weighted by atomic mass is 16.5. The third-order valence-electron chi connectivity index (χ3n) is 4.03. The molecule has 2 amide bonds. The minimum Gasteiger partial charge on any atom is -0.494 e. The van der Waals surface area contributed by atoms with Gasteiger partial charge in [0.25, 0.3) is 0 Å². The number of aromatic nitrogens is 2. The van der Waals surface area contributed by atoms with Crippen molar-refractivity contribution in [3.05, 3.63) is 42.0 Å². The maximum atomic E-state index is 12.0. The zero-order valence-corrected chi connectivity index (χ0v) is 14.6. The average Bonchev–Trinajstić information content (AvgIpc) is 3.21. The van der Waals surface area contributed by atoms with E-state index in [-0.39, 0.29) is 12.1 Å². The summed E-state index contributed by atoms with van der Waals surface area (Å²) in [5.74, 6) is 1.69. The van der Waals surface area contributed by atoms with Crippen molar-refractivity contribution in [2.45, 2.75) is 39.5 Å². The maximum absolute atomic E-state index is 12.0. The summed E-state index contributed by atoms with van der Waals surface area (Å²) in [7, 11) is 0. The van der Waals surface area contributed by atoms with E-state index in [1.54, 1.807) is 12.5 Å². The second kappa shape index (κ2) is 7.92. The van der Waals surface area contributed by atoms with Crippen LogP contribution < -0.4 is 20.1 Å². The second-order valence-electron chi connectivity index (χ2n) is 6.04. The fraction of sp³-hybridized carbons (Fsp3) is 0.444. The summed E-state index contributed by atoms with van der Waals surface area (Å²) in [6.45, 7) is 6.18. The lowest BCUT2D eigenvalue weighted by Gasteiger charge is -2.14. The highest BCUT2D eigenvalue weighted by Gasteiger charge is 2.22. The number of carbonyl (C=O) groups excluding carboxylic acids is 1. The van der Waals surface area contributed by atoms with Gasteiger partial charge in [-0.25, -0.2) is 9.78 Å². The Balaban J connectivity index is 1.54. The van der Waals surface area contributed by atoms with Crippen molar-refractivity contribution < 1.29 is 14.3 Å². The number of hydrogen-bond acceptors (Lipinski definition) is 4. The number of fused-ring (bicyclic) bond motifs is 1. The molecule has 1 aromatic heterocycles. The van der Waals surface area contributed by atoms with Gasteiger partial charge in [-0.05, 0) is 26.0 Å². The topological polar surface area (TPSA) is 77.4 Å². The summed E-state index contributed by atoms with van der Waals surface area (Å²) in [6, 6.07) is 3.78. The van der Waals surface area contributed by atoms with Gasteiger partial charge in [0.05, 0.1) is 12.9 Å². The van der Waals surface area contributed by atoms with Crippen LogP contribution in [0.4, 0.5) is 4.79 Å². The molecule has 7 heteroatoms. The molecule has 2 N–H and O–H groups in total. The Morgan fingerprint density at radius 2 is 2.32 bits per heavy atom. The molecule has 3 rings (SSSR count). The highest BCUT2D eigenvalue weighted by Crippen LogP contribution is 2.35. The van der Waals surface area contributed by atoms with E-state index < -0.39 is 0 Å². The average molecular weight is 344 g/mol. The summed E-state index contributed by atoms with van der Waals surface area (Å²) in [5, 5.41) is 5.70. The van der Waals surface area contributed by atoms with E-state index in [1.807, 2.05) is 36.7 Å². The minimum absolute atomic E-state index is 0.180. The molecule has 1 aliphatic heterocycles. The fourth-order valence-corrected chi connectivity index (χ4v) is 2.87. The molecule has 1 aromatic carbocycles. The Morgan fingerprint density at radius 1 is 1.44 bits per heavy atom. The first kappa shape index (κ1) is 17.1. The highest BCUT2D eigenvalue weighted by molar-refractivity contribution is 5.73. The van der Waals surface area contributed by atoms with E-state index in [2.05, 4.69) is 15.6 Å². The zero-order valence-electron chi connectivity index (χ0n) is 14.6. The molecule has 0 unspecified atom stereocenters. The predicted molar refractivity (Wildman–Crippen MR) is 93.9 cm³/mol. The number of rotatable bonds is 7. The molecule has 0 radical (unpaired) electrons. The summed E-state index contributed by atoms with van der Waals surface area (Å²) >= 11 is 0. The van der Waals surface area contributed by atoms with Gasteiger partial charge in [0.2, 0.25) is 0 Å². The van der Waals surface area contributed by atoms with Gasteiger partial charge in [0.1, 0.15) is 17.6 Å². The normalized spacial score (nSPS) is 15.4. The number of urea groups is 1. The second-order valence-corrected chi connectivity index (χ2v) is 6.04. The fourth-order valence-electron chi connectivity index (χ4n) is 2.87. The molecular formula is C18H24N4O3. The third-order valence-corrected chi connectivity index (χ3v) is 4.03. The zero-order chi connectivity index (χ0) is 17.6. The van der Waals surface area contributed by atoms with Crippen molar-refractivity contribution in [3.8, 4) is 11.5 Å². The number of carbonyl (C=O) groups is 1. The summed E-state index contributed by atoms with van der Waals surface area (Å²) in [4.78, 5) is 15.9. The maximum Gasteiger partial charge on any atom is 0.315 e. The van der Waals surface area contributed by atoms with Crippen molar-refractivity contribution in [2.75, 3.05) is 13.2 Å². The van der Waals surface area contributed by atoms with E-state index >= 15 is 0 Å². The Kier molecular flexibility index (Phi) is 5.42. The van der Waals surface area contributed by atoms with E-state index in [0.29, 0.717) is 26.2 Å².